The Bertz CT molecular complexity index is 794. The average Bonchev–Trinajstić information content (AvgIpc) is 2.53. The number of hydrogen-bond acceptors (Lipinski definition) is 5. The average molecular weight is 368 g/mol. The molecule has 0 atom stereocenters. The second-order valence-corrected chi connectivity index (χ2v) is 5.86. The maximum absolute atomic E-state index is 12.3. The topological polar surface area (TPSA) is 65.5 Å². The maximum atomic E-state index is 12.3. The van der Waals surface area contributed by atoms with Gasteiger partial charge in [-0.25, -0.2) is 9.59 Å². The van der Waals surface area contributed by atoms with E-state index in [2.05, 4.69) is 4.98 Å². The van der Waals surface area contributed by atoms with E-state index in [0.717, 1.165) is 0 Å². The van der Waals surface area contributed by atoms with Crippen LogP contribution in [-0.2, 0) is 9.47 Å². The lowest BCUT2D eigenvalue weighted by atomic mass is 9.92. The van der Waals surface area contributed by atoms with Crippen molar-refractivity contribution in [3.8, 4) is 11.1 Å². The summed E-state index contributed by atoms with van der Waals surface area (Å²) in [4.78, 5) is 28.9. The van der Waals surface area contributed by atoms with Gasteiger partial charge in [0.2, 0.25) is 0 Å². The zero-order chi connectivity index (χ0) is 18.0. The number of nitrogens with zero attached hydrogens (tertiary/aromatic N) is 1. The molecule has 0 radical (unpaired) electrons. The molecule has 0 saturated heterocycles. The van der Waals surface area contributed by atoms with Crippen molar-refractivity contribution in [1.82, 2.24) is 4.98 Å². The Morgan fingerprint density at radius 1 is 0.958 bits per heavy atom. The van der Waals surface area contributed by atoms with Crippen LogP contribution in [-0.4, -0.2) is 31.1 Å². The lowest BCUT2D eigenvalue weighted by Gasteiger charge is -2.17. The number of aryl methyl sites for hydroxylation is 2. The molecule has 126 valence electrons. The standard InChI is InChI=1S/C17H15Cl2NO4/c1-8-13(16(21)23-3)15(11-6-5-10(18)7-12(11)19)14(9(2)20-8)17(22)24-4/h5-7H,1-4H3. The first kappa shape index (κ1) is 18.2. The number of carbonyl (C=O) groups excluding carboxylic acids is 2. The molecule has 0 aliphatic rings. The van der Waals surface area contributed by atoms with Gasteiger partial charge in [-0.3, -0.25) is 4.98 Å². The van der Waals surface area contributed by atoms with Crippen LogP contribution >= 0.6 is 23.2 Å². The minimum absolute atomic E-state index is 0.160. The van der Waals surface area contributed by atoms with E-state index in [0.29, 0.717) is 32.6 Å². The van der Waals surface area contributed by atoms with Gasteiger partial charge in [0.25, 0.3) is 0 Å². The molecule has 24 heavy (non-hydrogen) atoms. The number of carbonyl (C=O) groups is 2. The normalized spacial score (nSPS) is 10.4. The van der Waals surface area contributed by atoms with Crippen molar-refractivity contribution >= 4 is 35.1 Å². The number of hydrogen-bond donors (Lipinski definition) is 0. The highest BCUT2D eigenvalue weighted by Gasteiger charge is 2.28. The summed E-state index contributed by atoms with van der Waals surface area (Å²) in [7, 11) is 2.51. The van der Waals surface area contributed by atoms with Crippen LogP contribution in [0, 0.1) is 13.8 Å². The molecule has 7 heteroatoms. The number of methoxy groups -OCH3 is 2. The monoisotopic (exact) mass is 367 g/mol. The van der Waals surface area contributed by atoms with E-state index < -0.39 is 11.9 Å². The summed E-state index contributed by atoms with van der Waals surface area (Å²) in [5.74, 6) is -1.24. The van der Waals surface area contributed by atoms with Crippen molar-refractivity contribution in [2.24, 2.45) is 0 Å². The van der Waals surface area contributed by atoms with Gasteiger partial charge >= 0.3 is 11.9 Å². The Labute approximate surface area is 149 Å². The smallest absolute Gasteiger partial charge is 0.340 e. The lowest BCUT2D eigenvalue weighted by Crippen LogP contribution is -2.16. The Balaban J connectivity index is 2.97. The number of rotatable bonds is 3. The van der Waals surface area contributed by atoms with Crippen molar-refractivity contribution in [1.29, 1.82) is 0 Å². The second kappa shape index (κ2) is 7.20. The van der Waals surface area contributed by atoms with Crippen molar-refractivity contribution < 1.29 is 19.1 Å². The van der Waals surface area contributed by atoms with Crippen LogP contribution in [0.25, 0.3) is 11.1 Å². The summed E-state index contributed by atoms with van der Waals surface area (Å²) in [6.07, 6.45) is 0. The van der Waals surface area contributed by atoms with E-state index >= 15 is 0 Å². The molecule has 2 aromatic rings. The maximum Gasteiger partial charge on any atom is 0.340 e. The highest BCUT2D eigenvalue weighted by Crippen LogP contribution is 2.37. The van der Waals surface area contributed by atoms with Crippen LogP contribution < -0.4 is 0 Å². The largest absolute Gasteiger partial charge is 0.465 e. The fraction of sp³-hybridized carbons (Fsp3) is 0.235. The van der Waals surface area contributed by atoms with Crippen LogP contribution in [0.4, 0.5) is 0 Å². The molecule has 1 heterocycles. The van der Waals surface area contributed by atoms with Crippen molar-refractivity contribution in [2.75, 3.05) is 14.2 Å². The number of aromatic nitrogens is 1. The summed E-state index contributed by atoms with van der Waals surface area (Å²) in [6.45, 7) is 3.32. The van der Waals surface area contributed by atoms with Crippen LogP contribution in [0.5, 0.6) is 0 Å². The van der Waals surface area contributed by atoms with Gasteiger partial charge in [-0.2, -0.15) is 0 Å². The van der Waals surface area contributed by atoms with Crippen LogP contribution in [0.3, 0.4) is 0 Å². The number of halogens is 2. The third-order valence-corrected chi connectivity index (χ3v) is 4.09. The molecule has 0 N–H and O–H groups in total. The minimum atomic E-state index is -0.619. The first-order chi connectivity index (χ1) is 11.3. The quantitative estimate of drug-likeness (QED) is 0.758. The van der Waals surface area contributed by atoms with E-state index in [9.17, 15) is 9.59 Å². The fourth-order valence-corrected chi connectivity index (χ4v) is 3.02. The summed E-state index contributed by atoms with van der Waals surface area (Å²) < 4.78 is 9.70. The minimum Gasteiger partial charge on any atom is -0.465 e. The van der Waals surface area contributed by atoms with Gasteiger partial charge in [-0.15, -0.1) is 0 Å². The Kier molecular flexibility index (Phi) is 5.47. The third-order valence-electron chi connectivity index (χ3n) is 3.54. The number of pyridine rings is 1. The molecular weight excluding hydrogens is 353 g/mol. The molecule has 0 fully saturated rings. The molecule has 1 aromatic heterocycles. The highest BCUT2D eigenvalue weighted by molar-refractivity contribution is 6.36. The molecule has 2 rings (SSSR count). The van der Waals surface area contributed by atoms with Gasteiger partial charge in [-0.1, -0.05) is 29.3 Å². The van der Waals surface area contributed by atoms with E-state index in [-0.39, 0.29) is 11.1 Å². The molecule has 0 amide bonds. The molecule has 0 spiro atoms. The first-order valence-electron chi connectivity index (χ1n) is 6.95. The number of esters is 2. The molecule has 0 unspecified atom stereocenters. The van der Waals surface area contributed by atoms with Gasteiger partial charge in [0, 0.05) is 21.2 Å². The fourth-order valence-electron chi connectivity index (χ4n) is 2.52. The van der Waals surface area contributed by atoms with Crippen LogP contribution in [0.2, 0.25) is 10.0 Å². The van der Waals surface area contributed by atoms with Crippen LogP contribution in [0.15, 0.2) is 18.2 Å². The zero-order valence-corrected chi connectivity index (χ0v) is 15.1. The predicted molar refractivity (Wildman–Crippen MR) is 91.8 cm³/mol. The third kappa shape index (κ3) is 3.23. The van der Waals surface area contributed by atoms with Gasteiger partial charge in [-0.05, 0) is 26.0 Å². The Morgan fingerprint density at radius 2 is 1.46 bits per heavy atom. The van der Waals surface area contributed by atoms with Crippen LogP contribution in [0.1, 0.15) is 32.1 Å². The molecule has 0 saturated carbocycles. The SMILES string of the molecule is COC(=O)c1c(C)nc(C)c(C(=O)OC)c1-c1ccc(Cl)cc1Cl. The first-order valence-corrected chi connectivity index (χ1v) is 7.70. The lowest BCUT2D eigenvalue weighted by molar-refractivity contribution is 0.0599. The molecule has 1 aromatic carbocycles. The van der Waals surface area contributed by atoms with Gasteiger partial charge in [0.15, 0.2) is 0 Å². The van der Waals surface area contributed by atoms with E-state index in [4.69, 9.17) is 32.7 Å². The summed E-state index contributed by atoms with van der Waals surface area (Å²) >= 11 is 12.2. The summed E-state index contributed by atoms with van der Waals surface area (Å²) in [5.41, 5.74) is 1.96. The molecule has 0 bridgehead atoms. The van der Waals surface area contributed by atoms with Crippen molar-refractivity contribution in [3.05, 3.63) is 50.8 Å². The van der Waals surface area contributed by atoms with Gasteiger partial charge in [0.05, 0.1) is 36.7 Å². The van der Waals surface area contributed by atoms with E-state index in [1.54, 1.807) is 26.0 Å². The second-order valence-electron chi connectivity index (χ2n) is 5.01. The summed E-state index contributed by atoms with van der Waals surface area (Å²) in [5, 5.41) is 0.730. The zero-order valence-electron chi connectivity index (χ0n) is 13.6. The predicted octanol–water partition coefficient (Wildman–Crippen LogP) is 4.25. The highest BCUT2D eigenvalue weighted by atomic mass is 35.5. The molecular formula is C17H15Cl2NO4. The molecule has 5 nitrogen and oxygen atoms in total. The number of benzene rings is 1. The Hall–Kier alpha value is -2.11. The molecule has 0 aliphatic carbocycles. The number of ether oxygens (including phenoxy) is 2. The molecule has 0 aliphatic heterocycles. The Morgan fingerprint density at radius 3 is 1.88 bits per heavy atom. The van der Waals surface area contributed by atoms with Crippen molar-refractivity contribution in [3.63, 3.8) is 0 Å². The summed E-state index contributed by atoms with van der Waals surface area (Å²) in [6, 6.07) is 4.79. The van der Waals surface area contributed by atoms with E-state index in [1.807, 2.05) is 0 Å². The van der Waals surface area contributed by atoms with Gasteiger partial charge in [0.1, 0.15) is 0 Å². The van der Waals surface area contributed by atoms with Crippen molar-refractivity contribution in [2.45, 2.75) is 13.8 Å². The van der Waals surface area contributed by atoms with E-state index in [1.165, 1.54) is 20.3 Å². The van der Waals surface area contributed by atoms with Gasteiger partial charge < -0.3 is 9.47 Å².